The van der Waals surface area contributed by atoms with Gasteiger partial charge in [-0.1, -0.05) is 234 Å². The number of amides is 3. The lowest BCUT2D eigenvalue weighted by Gasteiger charge is -2.31. The van der Waals surface area contributed by atoms with Gasteiger partial charge in [0.2, 0.25) is 17.7 Å². The summed E-state index contributed by atoms with van der Waals surface area (Å²) in [4.78, 5) is 120. The van der Waals surface area contributed by atoms with E-state index in [1.807, 2.05) is 136 Å². The number of carbonyl (C=O) groups excluding carboxylic acids is 13. The van der Waals surface area contributed by atoms with Gasteiger partial charge < -0.3 is 127 Å². The Balaban J connectivity index is -0.0000000307. The molecule has 0 bridgehead atoms. The third-order valence-electron chi connectivity index (χ3n) is 11.3. The number of hydrogen-bond donors (Lipinski definition) is 12. The van der Waals surface area contributed by atoms with E-state index in [0.29, 0.717) is 6.42 Å². The van der Waals surface area contributed by atoms with E-state index < -0.39 is 12.1 Å². The average molecular weight is 1530 g/mol. The van der Waals surface area contributed by atoms with E-state index in [0.717, 1.165) is 80.8 Å². The maximum absolute atomic E-state index is 12.8. The highest BCUT2D eigenvalue weighted by Gasteiger charge is 2.29. The molecule has 1 saturated heterocycles. The molecule has 0 aliphatic carbocycles. The summed E-state index contributed by atoms with van der Waals surface area (Å²) in [7, 11) is 12.1. The molecule has 1 aliphatic rings. The second-order valence-corrected chi connectivity index (χ2v) is 19.1. The van der Waals surface area contributed by atoms with Crippen molar-refractivity contribution in [1.29, 1.82) is 0 Å². The van der Waals surface area contributed by atoms with Gasteiger partial charge in [-0.2, -0.15) is 0 Å². The summed E-state index contributed by atoms with van der Waals surface area (Å²) in [5.41, 5.74) is 35.3. The Kier molecular flexibility index (Phi) is 335. The van der Waals surface area contributed by atoms with Gasteiger partial charge in [0, 0.05) is 33.5 Å². The number of nitrogens with one attached hydrogen (secondary N) is 1. The van der Waals surface area contributed by atoms with Crippen LogP contribution in [0.4, 0.5) is 0 Å². The summed E-state index contributed by atoms with van der Waals surface area (Å²) in [5, 5.41) is 11.2. The minimum Gasteiger partial charge on any atom is -0.393 e. The number of piperidine rings is 1. The number of aliphatic hydroxyl groups excluding tert-OH is 1. The first-order valence-electron chi connectivity index (χ1n) is 34.2. The van der Waals surface area contributed by atoms with Crippen molar-refractivity contribution in [2.75, 3.05) is 69.5 Å². The molecule has 3 aromatic rings. The number of nitrogens with two attached hydrogens (primary N) is 7. The van der Waals surface area contributed by atoms with E-state index in [-0.39, 0.29) is 42.3 Å². The van der Waals surface area contributed by atoms with Crippen molar-refractivity contribution in [2.24, 2.45) is 63.8 Å². The highest BCUT2D eigenvalue weighted by atomic mass is 16.3. The number of rotatable bonds is 13. The van der Waals surface area contributed by atoms with Gasteiger partial charge in [-0.15, -0.1) is 0 Å². The first kappa shape index (κ1) is 173. The van der Waals surface area contributed by atoms with Crippen molar-refractivity contribution in [3.63, 3.8) is 0 Å². The molecule has 1 fully saturated rings. The van der Waals surface area contributed by atoms with Crippen LogP contribution in [-0.2, 0) is 81.6 Å². The lowest BCUT2D eigenvalue weighted by atomic mass is 10.0. The zero-order chi connectivity index (χ0) is 88.2. The summed E-state index contributed by atoms with van der Waals surface area (Å²) in [6.45, 7) is 63.3. The fraction of sp³-hybridized carbons (Fsp3) is 0.608. The van der Waals surface area contributed by atoms with Gasteiger partial charge in [0.25, 0.3) is 0 Å². The number of hydrogen-bond acceptors (Lipinski definition) is 24. The van der Waals surface area contributed by atoms with Crippen LogP contribution in [0.3, 0.4) is 0 Å². The van der Waals surface area contributed by atoms with Gasteiger partial charge in [0.05, 0.1) is 6.10 Å². The number of aliphatic hydroxyl groups is 1. The molecule has 27 heteroatoms. The highest BCUT2D eigenvalue weighted by Crippen LogP contribution is 2.12. The lowest BCUT2D eigenvalue weighted by molar-refractivity contribution is -0.140. The monoisotopic (exact) mass is 1530 g/mol. The molecule has 642 valence electrons. The number of likely N-dealkylation sites (tertiary alicyclic amines) is 1. The van der Waals surface area contributed by atoms with Crippen LogP contribution in [0.1, 0.15) is 207 Å². The van der Waals surface area contributed by atoms with Crippen molar-refractivity contribution in [3.8, 4) is 0 Å². The van der Waals surface area contributed by atoms with Crippen molar-refractivity contribution in [2.45, 2.75) is 227 Å². The van der Waals surface area contributed by atoms with E-state index in [2.05, 4.69) is 191 Å². The first-order valence-corrected chi connectivity index (χ1v) is 34.2. The quantitative estimate of drug-likeness (QED) is 0.0756. The molecular weight excluding hydrogens is 1350 g/mol. The molecule has 0 unspecified atom stereocenters. The number of likely N-dealkylation sites (N-methyl/N-ethyl adjacent to an activating group) is 1. The van der Waals surface area contributed by atoms with Crippen LogP contribution in [0.2, 0.25) is 0 Å². The van der Waals surface area contributed by atoms with E-state index in [1.54, 1.807) is 20.9 Å². The number of nitrogens with zero attached hydrogens (tertiary/aromatic N) is 2. The van der Waals surface area contributed by atoms with Crippen LogP contribution in [-0.4, -0.2) is 188 Å². The maximum Gasteiger partial charge on any atom is 0.244 e. The van der Waals surface area contributed by atoms with Crippen LogP contribution >= 0.6 is 0 Å². The van der Waals surface area contributed by atoms with E-state index >= 15 is 0 Å². The summed E-state index contributed by atoms with van der Waals surface area (Å²) in [6, 6.07) is 29.2. The molecule has 25 N–H and O–H groups in total. The normalized spacial score (nSPS) is 8.77. The molecule has 3 atom stereocenters. The minimum atomic E-state index is -0.647. The zero-order valence-corrected chi connectivity index (χ0v) is 73.3. The Morgan fingerprint density at radius 2 is 0.585 bits per heavy atom. The molecule has 1 heterocycles. The van der Waals surface area contributed by atoms with Gasteiger partial charge in [-0.05, 0) is 142 Å². The van der Waals surface area contributed by atoms with E-state index in [1.165, 1.54) is 98.0 Å². The second kappa shape index (κ2) is 205. The molecule has 1 aliphatic heterocycles. The largest absolute Gasteiger partial charge is 0.393 e. The standard InChI is InChI=1S/C20H29N3O3.2C8H10.4C5H12.C4H10O.C2H6.7CH5N.10CH2O.3H3N/c1-15(20(26)23-12-8-5-9-13-23)21-19(25)18(22(3)16(2)24)14-17-10-6-4-7-11-17;2*1-2-8-6-4-3-5-7-8;4*1-4-5(2)3;1-3-4(2)5;18*1-2;;;/h4,6-7,10-11,15,18H,5,8-9,12-14H2,1-3H3,(H,21,25);2*3-7H,2H2,1H3;4*5H,4H2,1-3H3;4-5H,3H2,1-2H3;1-2H3;7*2H2,1H3;10*1H2;3*1H3/t15-,18-;;;;;;;4-;;;;;;;;;;;;;;;;;;;;;/m0......1...................../s1. The average Bonchev–Trinajstić information content (AvgIpc) is 0.853. The van der Waals surface area contributed by atoms with E-state index in [4.69, 9.17) is 53.1 Å². The molecule has 0 spiro atoms. The second-order valence-electron chi connectivity index (χ2n) is 19.1. The molecule has 27 nitrogen and oxygen atoms in total. The fourth-order valence-corrected chi connectivity index (χ4v) is 4.65. The predicted molar refractivity (Wildman–Crippen MR) is 463 cm³/mol. The van der Waals surface area contributed by atoms with Crippen molar-refractivity contribution < 1.29 is 67.4 Å². The molecule has 0 aromatic heterocycles. The smallest absolute Gasteiger partial charge is 0.244 e. The Hall–Kier alpha value is -7.67. The lowest BCUT2D eigenvalue weighted by Crippen LogP contribution is -2.54. The summed E-state index contributed by atoms with van der Waals surface area (Å²) >= 11 is 0. The molecule has 3 amide bonds. The van der Waals surface area contributed by atoms with E-state index in [9.17, 15) is 14.4 Å². The Bertz CT molecular complexity index is 1630. The van der Waals surface area contributed by atoms with Crippen LogP contribution in [0.25, 0.3) is 0 Å². The van der Waals surface area contributed by atoms with Crippen LogP contribution in [0, 0.1) is 23.7 Å². The van der Waals surface area contributed by atoms with Crippen molar-refractivity contribution in [1.82, 2.24) is 33.6 Å². The fourth-order valence-electron chi connectivity index (χ4n) is 4.65. The molecule has 4 rings (SSSR count). The van der Waals surface area contributed by atoms with Gasteiger partial charge in [0.1, 0.15) is 80.0 Å². The van der Waals surface area contributed by atoms with Crippen LogP contribution < -0.4 is 63.9 Å². The molecule has 106 heavy (non-hydrogen) atoms. The number of aryl methyl sites for hydroxylation is 2. The Labute approximate surface area is 652 Å². The van der Waals surface area contributed by atoms with Gasteiger partial charge in [-0.25, -0.2) is 0 Å². The summed E-state index contributed by atoms with van der Waals surface area (Å²) < 4.78 is 0. The Morgan fingerprint density at radius 3 is 0.736 bits per heavy atom. The van der Waals surface area contributed by atoms with Gasteiger partial charge in [-0.3, -0.25) is 14.4 Å². The first-order chi connectivity index (χ1) is 49.6. The maximum atomic E-state index is 12.8. The predicted octanol–water partition coefficient (Wildman–Crippen LogP) is 11.8. The molecule has 3 aromatic carbocycles. The van der Waals surface area contributed by atoms with Crippen LogP contribution in [0.5, 0.6) is 0 Å². The summed E-state index contributed by atoms with van der Waals surface area (Å²) in [6.07, 6.45) is 11.8. The summed E-state index contributed by atoms with van der Waals surface area (Å²) in [5.74, 6) is 3.00. The SMILES string of the molecule is C=O.C=O.C=O.C=O.C=O.C=O.C=O.C=O.C=O.C=O.CC.CC(=O)N(C)[C@@H](Cc1ccccc1)C(=O)N[C@@H](C)C(=O)N1CCCCC1.CCC(C)C.CCC(C)C.CCC(C)C.CCC(C)C.CC[C@@H](C)O.CCc1ccccc1.CCc1ccccc1.CN.CN.CN.CN.CN.CN.CN.N.N.N. The molecule has 0 saturated carbocycles. The molecule has 0 radical (unpaired) electrons. The van der Waals surface area contributed by atoms with Gasteiger partial charge in [0.15, 0.2) is 0 Å². The molecular formula is C79H177N13O14. The van der Waals surface area contributed by atoms with Crippen molar-refractivity contribution >= 4 is 85.6 Å². The highest BCUT2D eigenvalue weighted by molar-refractivity contribution is 5.91. The number of carbonyl (C=O) groups is 13. The van der Waals surface area contributed by atoms with Crippen molar-refractivity contribution in [3.05, 3.63) is 108 Å². The zero-order valence-electron chi connectivity index (χ0n) is 73.3. The van der Waals surface area contributed by atoms with Crippen LogP contribution in [0.15, 0.2) is 91.0 Å². The number of benzene rings is 3. The Morgan fingerprint density at radius 1 is 0.396 bits per heavy atom. The topological polar surface area (TPSA) is 548 Å². The third kappa shape index (κ3) is 199. The third-order valence-corrected chi connectivity index (χ3v) is 11.3. The van der Waals surface area contributed by atoms with Gasteiger partial charge >= 0.3 is 0 Å². The minimum absolute atomic E-state index is 0.